The summed E-state index contributed by atoms with van der Waals surface area (Å²) >= 11 is 0. The number of carbonyl (C=O) groups is 1. The quantitative estimate of drug-likeness (QED) is 0.347. The van der Waals surface area contributed by atoms with Crippen LogP contribution in [0.25, 0.3) is 0 Å². The predicted molar refractivity (Wildman–Crippen MR) is 69.0 cm³/mol. The Balaban J connectivity index is 0. The van der Waals surface area contributed by atoms with Gasteiger partial charge < -0.3 is 25.6 Å². The molecule has 0 amide bonds. The number of carboxylic acids is 1. The summed E-state index contributed by atoms with van der Waals surface area (Å²) in [6.45, 7) is -0.729. The monoisotopic (exact) mass is 322 g/mol. The first-order valence-electron chi connectivity index (χ1n) is 5.36. The normalized spacial score (nSPS) is 8.91. The molecule has 0 aliphatic heterocycles. The van der Waals surface area contributed by atoms with Gasteiger partial charge in [0.15, 0.2) is 0 Å². The third kappa shape index (κ3) is 12.2. The van der Waals surface area contributed by atoms with Crippen LogP contribution in [0, 0.1) is 20.2 Å². The molecule has 0 fully saturated rings. The summed E-state index contributed by atoms with van der Waals surface area (Å²) < 4.78 is 0. The Bertz CT molecular complexity index is 434. The molecule has 0 atom stereocenters. The number of nitro groups is 1. The molecule has 1 aromatic carbocycles. The van der Waals surface area contributed by atoms with Crippen molar-refractivity contribution in [2.24, 2.45) is 0 Å². The van der Waals surface area contributed by atoms with Crippen LogP contribution in [-0.2, 0) is 0 Å². The largest absolute Gasteiger partial charge is 0.478 e. The van der Waals surface area contributed by atoms with Crippen molar-refractivity contribution in [2.45, 2.75) is 6.10 Å². The standard InChI is InChI=1S/C7H5NO4.C3H8O3.HNO3/c9-7(10)5-1-3-6(4-2-5)8(11)12;4-1-3(6)2-5;2-1(3)4/h1-4H,(H,9,10);3-6H,1-2H2;(H,2,3,4). The minimum absolute atomic E-state index is 0.0422. The number of carboxylic acid groups (broad SMARTS) is 1. The molecule has 0 aromatic heterocycles. The molecule has 124 valence electrons. The first-order valence-corrected chi connectivity index (χ1v) is 5.36. The van der Waals surface area contributed by atoms with Crippen molar-refractivity contribution in [3.05, 3.63) is 50.1 Å². The molecule has 1 aromatic rings. The molecular formula is C10H14N2O10. The summed E-state index contributed by atoms with van der Waals surface area (Å²) in [5, 5.41) is 56.2. The number of non-ortho nitro benzene ring substituents is 1. The van der Waals surface area contributed by atoms with Crippen LogP contribution in [-0.4, -0.2) is 60.9 Å². The van der Waals surface area contributed by atoms with Crippen LogP contribution in [0.3, 0.4) is 0 Å². The van der Waals surface area contributed by atoms with E-state index in [1.165, 1.54) is 12.1 Å². The fourth-order valence-electron chi connectivity index (χ4n) is 0.783. The van der Waals surface area contributed by atoms with E-state index >= 15 is 0 Å². The summed E-state index contributed by atoms with van der Waals surface area (Å²) in [6.07, 6.45) is -0.954. The lowest BCUT2D eigenvalue weighted by Gasteiger charge is -1.96. The van der Waals surface area contributed by atoms with Crippen LogP contribution in [0.5, 0.6) is 0 Å². The Hall–Kier alpha value is -2.83. The summed E-state index contributed by atoms with van der Waals surface area (Å²) in [4.78, 5) is 28.2. The topological polar surface area (TPSA) is 204 Å². The highest BCUT2D eigenvalue weighted by molar-refractivity contribution is 5.87. The first-order chi connectivity index (χ1) is 10.1. The minimum Gasteiger partial charge on any atom is -0.478 e. The number of benzene rings is 1. The van der Waals surface area contributed by atoms with Crippen molar-refractivity contribution in [1.29, 1.82) is 0 Å². The fourth-order valence-corrected chi connectivity index (χ4v) is 0.783. The number of aromatic carboxylic acids is 1. The molecule has 5 N–H and O–H groups in total. The van der Waals surface area contributed by atoms with Crippen LogP contribution in [0.4, 0.5) is 5.69 Å². The highest BCUT2D eigenvalue weighted by atomic mass is 16.9. The predicted octanol–water partition coefficient (Wildman–Crippen LogP) is -0.723. The molecule has 0 aliphatic rings. The van der Waals surface area contributed by atoms with E-state index in [1.54, 1.807) is 0 Å². The lowest BCUT2D eigenvalue weighted by molar-refractivity contribution is -0.742. The van der Waals surface area contributed by atoms with E-state index in [4.69, 9.17) is 35.7 Å². The van der Waals surface area contributed by atoms with Gasteiger partial charge in [-0.1, -0.05) is 0 Å². The number of aliphatic hydroxyl groups is 3. The molecule has 0 spiro atoms. The van der Waals surface area contributed by atoms with Crippen LogP contribution in [0.1, 0.15) is 10.4 Å². The zero-order valence-electron chi connectivity index (χ0n) is 11.0. The van der Waals surface area contributed by atoms with Gasteiger partial charge in [-0.2, -0.15) is 0 Å². The van der Waals surface area contributed by atoms with Gasteiger partial charge in [-0.3, -0.25) is 10.1 Å². The number of nitrogens with zero attached hydrogens (tertiary/aromatic N) is 2. The Kier molecular flexibility index (Phi) is 11.7. The maximum atomic E-state index is 10.3. The van der Waals surface area contributed by atoms with Crippen LogP contribution >= 0.6 is 0 Å². The molecule has 12 nitrogen and oxygen atoms in total. The summed E-state index contributed by atoms with van der Waals surface area (Å²) in [5.74, 6) is -1.09. The highest BCUT2D eigenvalue weighted by Crippen LogP contribution is 2.11. The molecule has 0 saturated carbocycles. The molecule has 0 saturated heterocycles. The second-order valence-corrected chi connectivity index (χ2v) is 3.37. The van der Waals surface area contributed by atoms with Crippen LogP contribution in [0.15, 0.2) is 24.3 Å². The van der Waals surface area contributed by atoms with Crippen molar-refractivity contribution >= 4 is 11.7 Å². The van der Waals surface area contributed by atoms with Crippen LogP contribution in [0.2, 0.25) is 0 Å². The molecule has 1 rings (SSSR count). The molecule has 0 heterocycles. The zero-order valence-corrected chi connectivity index (χ0v) is 11.0. The maximum Gasteiger partial charge on any atom is 0.335 e. The van der Waals surface area contributed by atoms with E-state index in [1.807, 2.05) is 0 Å². The smallest absolute Gasteiger partial charge is 0.335 e. The summed E-state index contributed by atoms with van der Waals surface area (Å²) in [5.41, 5.74) is -0.0689. The van der Waals surface area contributed by atoms with Gasteiger partial charge in [-0.05, 0) is 12.1 Å². The number of hydrogen-bond donors (Lipinski definition) is 5. The zero-order chi connectivity index (χ0) is 17.7. The number of rotatable bonds is 4. The van der Waals surface area contributed by atoms with Gasteiger partial charge >= 0.3 is 5.97 Å². The molecule has 0 aliphatic carbocycles. The Morgan fingerprint density at radius 2 is 1.45 bits per heavy atom. The second kappa shape index (κ2) is 12.0. The number of nitro benzene ring substituents is 1. The lowest BCUT2D eigenvalue weighted by atomic mass is 10.2. The van der Waals surface area contributed by atoms with Crippen molar-refractivity contribution in [1.82, 2.24) is 0 Å². The van der Waals surface area contributed by atoms with Crippen molar-refractivity contribution < 1.29 is 40.4 Å². The van der Waals surface area contributed by atoms with Gasteiger partial charge in [-0.15, -0.1) is 10.1 Å². The Morgan fingerprint density at radius 1 is 1.09 bits per heavy atom. The first kappa shape index (κ1) is 21.5. The van der Waals surface area contributed by atoms with E-state index in [0.717, 1.165) is 12.1 Å². The van der Waals surface area contributed by atoms with E-state index in [0.29, 0.717) is 0 Å². The van der Waals surface area contributed by atoms with Crippen molar-refractivity contribution in [2.75, 3.05) is 13.2 Å². The van der Waals surface area contributed by atoms with E-state index in [-0.39, 0.29) is 24.5 Å². The van der Waals surface area contributed by atoms with Gasteiger partial charge in [-0.25, -0.2) is 4.79 Å². The van der Waals surface area contributed by atoms with Crippen molar-refractivity contribution in [3.8, 4) is 0 Å². The Morgan fingerprint density at radius 3 is 1.64 bits per heavy atom. The highest BCUT2D eigenvalue weighted by Gasteiger charge is 2.06. The molecule has 22 heavy (non-hydrogen) atoms. The lowest BCUT2D eigenvalue weighted by Crippen LogP contribution is -2.15. The fraction of sp³-hybridized carbons (Fsp3) is 0.300. The van der Waals surface area contributed by atoms with E-state index in [9.17, 15) is 14.9 Å². The number of aliphatic hydroxyl groups excluding tert-OH is 3. The van der Waals surface area contributed by atoms with E-state index in [2.05, 4.69) is 0 Å². The van der Waals surface area contributed by atoms with E-state index < -0.39 is 22.1 Å². The van der Waals surface area contributed by atoms with Gasteiger partial charge in [0.05, 0.1) is 23.7 Å². The van der Waals surface area contributed by atoms with Gasteiger partial charge in [0.1, 0.15) is 6.10 Å². The molecular weight excluding hydrogens is 308 g/mol. The van der Waals surface area contributed by atoms with Gasteiger partial charge in [0, 0.05) is 12.1 Å². The SMILES string of the molecule is O=C(O)c1ccc([N+](=O)[O-])cc1.O=[N+]([O-])O.OCC(O)CO. The van der Waals surface area contributed by atoms with Gasteiger partial charge in [0.2, 0.25) is 0 Å². The average molecular weight is 322 g/mol. The molecule has 0 bridgehead atoms. The molecule has 0 unspecified atom stereocenters. The summed E-state index contributed by atoms with van der Waals surface area (Å²) in [6, 6.07) is 4.70. The summed E-state index contributed by atoms with van der Waals surface area (Å²) in [7, 11) is 0. The van der Waals surface area contributed by atoms with Crippen molar-refractivity contribution in [3.63, 3.8) is 0 Å². The maximum absolute atomic E-state index is 10.3. The Labute approximate surface area is 122 Å². The third-order valence-corrected chi connectivity index (χ3v) is 1.75. The van der Waals surface area contributed by atoms with Gasteiger partial charge in [0.25, 0.3) is 10.8 Å². The molecule has 0 radical (unpaired) electrons. The minimum atomic E-state index is -1.50. The third-order valence-electron chi connectivity index (χ3n) is 1.75. The van der Waals surface area contributed by atoms with Crippen LogP contribution < -0.4 is 0 Å². The second-order valence-electron chi connectivity index (χ2n) is 3.37. The average Bonchev–Trinajstić information content (AvgIpc) is 2.46. The molecule has 12 heteroatoms. The number of hydrogen-bond acceptors (Lipinski definition) is 8.